The number of ketones is 1. The van der Waals surface area contributed by atoms with Gasteiger partial charge in [-0.05, 0) is 65.1 Å². The lowest BCUT2D eigenvalue weighted by atomic mass is 9.87. The van der Waals surface area contributed by atoms with E-state index in [1.165, 1.54) is 20.3 Å². The summed E-state index contributed by atoms with van der Waals surface area (Å²) in [6.45, 7) is 6.36. The maximum absolute atomic E-state index is 12.7. The van der Waals surface area contributed by atoms with Crippen molar-refractivity contribution < 1.29 is 23.8 Å². The smallest absolute Gasteiger partial charge is 0.343 e. The molecule has 5 heteroatoms. The van der Waals surface area contributed by atoms with Gasteiger partial charge >= 0.3 is 5.97 Å². The molecule has 0 heterocycles. The zero-order chi connectivity index (χ0) is 24.0. The molecule has 170 valence electrons. The van der Waals surface area contributed by atoms with Gasteiger partial charge in [-0.25, -0.2) is 4.79 Å². The van der Waals surface area contributed by atoms with Crippen molar-refractivity contribution >= 4 is 17.8 Å². The van der Waals surface area contributed by atoms with Crippen LogP contribution in [0.25, 0.3) is 6.08 Å². The molecule has 5 nitrogen and oxygen atoms in total. The Morgan fingerprint density at radius 2 is 1.55 bits per heavy atom. The van der Waals surface area contributed by atoms with Crippen molar-refractivity contribution in [3.63, 3.8) is 0 Å². The summed E-state index contributed by atoms with van der Waals surface area (Å²) in [5.74, 6) is 0.761. The Bertz CT molecular complexity index is 1170. The largest absolute Gasteiger partial charge is 0.497 e. The summed E-state index contributed by atoms with van der Waals surface area (Å²) >= 11 is 0. The van der Waals surface area contributed by atoms with Crippen molar-refractivity contribution in [1.29, 1.82) is 0 Å². The Morgan fingerprint density at radius 1 is 0.818 bits per heavy atom. The molecule has 0 saturated heterocycles. The molecular formula is C28H28O5. The third-order valence-corrected chi connectivity index (χ3v) is 5.15. The third-order valence-electron chi connectivity index (χ3n) is 5.15. The van der Waals surface area contributed by atoms with Crippen LogP contribution >= 0.6 is 0 Å². The van der Waals surface area contributed by atoms with Crippen molar-refractivity contribution in [2.75, 3.05) is 14.2 Å². The third kappa shape index (κ3) is 6.10. The van der Waals surface area contributed by atoms with E-state index in [1.54, 1.807) is 54.6 Å². The lowest BCUT2D eigenvalue weighted by molar-refractivity contribution is 0.0734. The quantitative estimate of drug-likeness (QED) is 0.190. The first-order valence-electron chi connectivity index (χ1n) is 10.6. The number of methoxy groups -OCH3 is 2. The van der Waals surface area contributed by atoms with Crippen molar-refractivity contribution in [3.8, 4) is 17.2 Å². The van der Waals surface area contributed by atoms with Gasteiger partial charge in [-0.3, -0.25) is 4.79 Å². The number of rotatable bonds is 7. The predicted octanol–water partition coefficient (Wildman–Crippen LogP) is 6.12. The van der Waals surface area contributed by atoms with E-state index in [1.807, 2.05) is 18.2 Å². The maximum Gasteiger partial charge on any atom is 0.343 e. The first kappa shape index (κ1) is 23.8. The average Bonchev–Trinajstić information content (AvgIpc) is 2.81. The Morgan fingerprint density at radius 3 is 2.18 bits per heavy atom. The average molecular weight is 445 g/mol. The van der Waals surface area contributed by atoms with Crippen LogP contribution in [-0.4, -0.2) is 26.0 Å². The second kappa shape index (κ2) is 10.2. The number of ether oxygens (including phenoxy) is 3. The molecule has 0 fully saturated rings. The Labute approximate surface area is 194 Å². The molecular weight excluding hydrogens is 416 g/mol. The molecule has 0 aromatic heterocycles. The van der Waals surface area contributed by atoms with Gasteiger partial charge < -0.3 is 14.2 Å². The highest BCUT2D eigenvalue weighted by molar-refractivity contribution is 6.09. The summed E-state index contributed by atoms with van der Waals surface area (Å²) in [5, 5.41) is 0. The van der Waals surface area contributed by atoms with Gasteiger partial charge in [-0.1, -0.05) is 51.1 Å². The molecule has 33 heavy (non-hydrogen) atoms. The van der Waals surface area contributed by atoms with Gasteiger partial charge in [0.15, 0.2) is 5.78 Å². The van der Waals surface area contributed by atoms with Gasteiger partial charge in [0.25, 0.3) is 0 Å². The topological polar surface area (TPSA) is 61.8 Å². The van der Waals surface area contributed by atoms with E-state index in [2.05, 4.69) is 20.8 Å². The second-order valence-corrected chi connectivity index (χ2v) is 8.55. The van der Waals surface area contributed by atoms with Crippen LogP contribution in [0.1, 0.15) is 52.6 Å². The van der Waals surface area contributed by atoms with Crippen LogP contribution in [0.3, 0.4) is 0 Å². The summed E-state index contributed by atoms with van der Waals surface area (Å²) in [6.07, 6.45) is 3.11. The Kier molecular flexibility index (Phi) is 7.34. The molecule has 0 bridgehead atoms. The van der Waals surface area contributed by atoms with E-state index in [0.29, 0.717) is 28.4 Å². The lowest BCUT2D eigenvalue weighted by Crippen LogP contribution is -2.12. The van der Waals surface area contributed by atoms with Crippen molar-refractivity contribution in [2.24, 2.45) is 0 Å². The fraction of sp³-hybridized carbons (Fsp3) is 0.214. The minimum Gasteiger partial charge on any atom is -0.497 e. The summed E-state index contributed by atoms with van der Waals surface area (Å²) in [7, 11) is 3.05. The highest BCUT2D eigenvalue weighted by Gasteiger charge is 2.15. The van der Waals surface area contributed by atoms with Gasteiger partial charge in [0, 0.05) is 0 Å². The maximum atomic E-state index is 12.7. The summed E-state index contributed by atoms with van der Waals surface area (Å²) < 4.78 is 16.0. The second-order valence-electron chi connectivity index (χ2n) is 8.55. The van der Waals surface area contributed by atoms with Crippen molar-refractivity contribution in [1.82, 2.24) is 0 Å². The first-order valence-corrected chi connectivity index (χ1v) is 10.6. The fourth-order valence-electron chi connectivity index (χ4n) is 3.22. The fourth-order valence-corrected chi connectivity index (χ4v) is 3.22. The summed E-state index contributed by atoms with van der Waals surface area (Å²) in [5.41, 5.74) is 2.75. The van der Waals surface area contributed by atoms with E-state index in [-0.39, 0.29) is 11.2 Å². The molecule has 0 aliphatic rings. The molecule has 3 rings (SSSR count). The Hall–Kier alpha value is -3.86. The normalized spacial score (nSPS) is 11.3. The minimum atomic E-state index is -0.436. The summed E-state index contributed by atoms with van der Waals surface area (Å²) in [4.78, 5) is 25.3. The highest BCUT2D eigenvalue weighted by Crippen LogP contribution is 2.26. The molecule has 0 atom stereocenters. The van der Waals surface area contributed by atoms with Crippen LogP contribution in [-0.2, 0) is 5.41 Å². The number of allylic oxidation sites excluding steroid dienone is 1. The molecule has 0 N–H and O–H groups in total. The predicted molar refractivity (Wildman–Crippen MR) is 129 cm³/mol. The van der Waals surface area contributed by atoms with Gasteiger partial charge in [-0.2, -0.15) is 0 Å². The highest BCUT2D eigenvalue weighted by atomic mass is 16.5. The van der Waals surface area contributed by atoms with E-state index >= 15 is 0 Å². The van der Waals surface area contributed by atoms with Crippen LogP contribution < -0.4 is 14.2 Å². The van der Waals surface area contributed by atoms with E-state index in [0.717, 1.165) is 11.1 Å². The molecule has 0 spiro atoms. The molecule has 3 aromatic rings. The first-order chi connectivity index (χ1) is 15.7. The van der Waals surface area contributed by atoms with Crippen LogP contribution in [0.5, 0.6) is 17.2 Å². The number of hydrogen-bond acceptors (Lipinski definition) is 5. The standard InChI is InChI=1S/C28H28O5/c1-28(2,3)21-12-10-20(11-13-21)27(30)33-23-8-6-7-19(17-23)9-15-25(29)24-18-22(31-4)14-16-26(24)32-5/h6-18H,1-5H3/b15-9+. The number of benzene rings is 3. The number of carbonyl (C=O) groups is 2. The van der Waals surface area contributed by atoms with Gasteiger partial charge in [0.1, 0.15) is 17.2 Å². The molecule has 0 amide bonds. The molecule has 0 aliphatic carbocycles. The van der Waals surface area contributed by atoms with Gasteiger partial charge in [0.05, 0.1) is 25.3 Å². The van der Waals surface area contributed by atoms with Crippen molar-refractivity contribution in [2.45, 2.75) is 26.2 Å². The van der Waals surface area contributed by atoms with Gasteiger partial charge in [0.2, 0.25) is 0 Å². The van der Waals surface area contributed by atoms with Crippen molar-refractivity contribution in [3.05, 3.63) is 95.1 Å². The monoisotopic (exact) mass is 444 g/mol. The zero-order valence-corrected chi connectivity index (χ0v) is 19.5. The number of carbonyl (C=O) groups excluding carboxylic acids is 2. The molecule has 0 saturated carbocycles. The molecule has 3 aromatic carbocycles. The van der Waals surface area contributed by atoms with Crippen LogP contribution in [0.2, 0.25) is 0 Å². The van der Waals surface area contributed by atoms with E-state index < -0.39 is 5.97 Å². The SMILES string of the molecule is COc1ccc(OC)c(C(=O)/C=C/c2cccc(OC(=O)c3ccc(C(C)(C)C)cc3)c2)c1. The van der Waals surface area contributed by atoms with E-state index in [9.17, 15) is 9.59 Å². The lowest BCUT2D eigenvalue weighted by Gasteiger charge is -2.18. The molecule has 0 unspecified atom stereocenters. The van der Waals surface area contributed by atoms with E-state index in [4.69, 9.17) is 14.2 Å². The Balaban J connectivity index is 1.73. The number of hydrogen-bond donors (Lipinski definition) is 0. The summed E-state index contributed by atoms with van der Waals surface area (Å²) in [6, 6.07) is 19.5. The van der Waals surface area contributed by atoms with Crippen LogP contribution in [0.4, 0.5) is 0 Å². The van der Waals surface area contributed by atoms with Gasteiger partial charge in [-0.15, -0.1) is 0 Å². The molecule has 0 radical (unpaired) electrons. The molecule has 0 aliphatic heterocycles. The van der Waals surface area contributed by atoms with Crippen LogP contribution in [0, 0.1) is 0 Å². The number of esters is 1. The zero-order valence-electron chi connectivity index (χ0n) is 19.5. The minimum absolute atomic E-state index is 0.00936. The van der Waals surface area contributed by atoms with Crippen LogP contribution in [0.15, 0.2) is 72.8 Å².